The van der Waals surface area contributed by atoms with Crippen LogP contribution in [0.25, 0.3) is 16.6 Å². The molecule has 20 heavy (non-hydrogen) atoms. The maximum absolute atomic E-state index is 4.54. The number of benzene rings is 1. The van der Waals surface area contributed by atoms with Crippen LogP contribution in [0, 0.1) is 6.92 Å². The molecule has 4 nitrogen and oxygen atoms in total. The highest BCUT2D eigenvalue weighted by molar-refractivity contribution is 5.80. The van der Waals surface area contributed by atoms with Crippen LogP contribution in [0.3, 0.4) is 0 Å². The molecule has 1 N–H and O–H groups in total. The molecule has 0 saturated carbocycles. The van der Waals surface area contributed by atoms with E-state index >= 15 is 0 Å². The number of hydrogen-bond acceptors (Lipinski definition) is 3. The molecule has 0 aliphatic rings. The van der Waals surface area contributed by atoms with E-state index in [2.05, 4.69) is 51.9 Å². The Morgan fingerprint density at radius 1 is 1.20 bits per heavy atom. The second kappa shape index (κ2) is 4.96. The lowest BCUT2D eigenvalue weighted by Gasteiger charge is -2.12. The second-order valence-electron chi connectivity index (χ2n) is 5.26. The number of pyridine rings is 1. The van der Waals surface area contributed by atoms with Crippen molar-refractivity contribution >= 4 is 16.9 Å². The van der Waals surface area contributed by atoms with E-state index in [1.165, 1.54) is 0 Å². The second-order valence-corrected chi connectivity index (χ2v) is 5.26. The molecule has 0 saturated heterocycles. The quantitative estimate of drug-likeness (QED) is 0.788. The Morgan fingerprint density at radius 3 is 2.85 bits per heavy atom. The van der Waals surface area contributed by atoms with Crippen molar-refractivity contribution in [3.8, 4) is 5.69 Å². The van der Waals surface area contributed by atoms with Crippen LogP contribution in [0.4, 0.5) is 5.95 Å². The number of aromatic nitrogens is 3. The highest BCUT2D eigenvalue weighted by atomic mass is 15.2. The molecule has 102 valence electrons. The molecule has 0 unspecified atom stereocenters. The van der Waals surface area contributed by atoms with Crippen molar-refractivity contribution < 1.29 is 0 Å². The first-order valence-electron chi connectivity index (χ1n) is 6.81. The van der Waals surface area contributed by atoms with Crippen molar-refractivity contribution in [1.82, 2.24) is 14.5 Å². The van der Waals surface area contributed by atoms with E-state index in [-0.39, 0.29) is 0 Å². The molecule has 0 bridgehead atoms. The molecule has 2 heterocycles. The summed E-state index contributed by atoms with van der Waals surface area (Å²) in [5.74, 6) is 0.876. The van der Waals surface area contributed by atoms with Crippen molar-refractivity contribution in [3.05, 3.63) is 48.4 Å². The van der Waals surface area contributed by atoms with Crippen LogP contribution in [0.15, 0.2) is 42.7 Å². The predicted octanol–water partition coefficient (Wildman–Crippen LogP) is 3.55. The third kappa shape index (κ3) is 2.37. The molecule has 1 aromatic carbocycles. The van der Waals surface area contributed by atoms with Crippen molar-refractivity contribution in [2.75, 3.05) is 5.32 Å². The number of rotatable bonds is 3. The van der Waals surface area contributed by atoms with Crippen LogP contribution >= 0.6 is 0 Å². The van der Waals surface area contributed by atoms with Gasteiger partial charge in [-0.1, -0.05) is 6.07 Å². The number of imidazole rings is 1. The minimum Gasteiger partial charge on any atom is -0.353 e. The number of fused-ring (bicyclic) bond motifs is 1. The van der Waals surface area contributed by atoms with Gasteiger partial charge in [-0.05, 0) is 45.0 Å². The molecular weight excluding hydrogens is 248 g/mol. The molecule has 3 rings (SSSR count). The summed E-state index contributed by atoms with van der Waals surface area (Å²) in [5, 5.41) is 4.51. The Hall–Kier alpha value is -2.36. The zero-order chi connectivity index (χ0) is 14.1. The molecule has 0 spiro atoms. The summed E-state index contributed by atoms with van der Waals surface area (Å²) in [6.07, 6.45) is 3.86. The van der Waals surface area contributed by atoms with Gasteiger partial charge in [0.05, 0.1) is 11.2 Å². The van der Waals surface area contributed by atoms with E-state index in [9.17, 15) is 0 Å². The van der Waals surface area contributed by atoms with Crippen molar-refractivity contribution in [1.29, 1.82) is 0 Å². The summed E-state index contributed by atoms with van der Waals surface area (Å²) >= 11 is 0. The van der Waals surface area contributed by atoms with Crippen LogP contribution in [0.2, 0.25) is 0 Å². The Kier molecular flexibility index (Phi) is 3.14. The van der Waals surface area contributed by atoms with Gasteiger partial charge in [-0.25, -0.2) is 4.98 Å². The van der Waals surface area contributed by atoms with Crippen LogP contribution < -0.4 is 5.32 Å². The summed E-state index contributed by atoms with van der Waals surface area (Å²) in [5.41, 5.74) is 3.10. The number of aryl methyl sites for hydroxylation is 1. The molecule has 3 aromatic rings. The van der Waals surface area contributed by atoms with Gasteiger partial charge < -0.3 is 5.32 Å². The fourth-order valence-electron chi connectivity index (χ4n) is 2.27. The molecule has 0 radical (unpaired) electrons. The van der Waals surface area contributed by atoms with E-state index in [4.69, 9.17) is 0 Å². The maximum atomic E-state index is 4.54. The van der Waals surface area contributed by atoms with Crippen LogP contribution in [0.5, 0.6) is 0 Å². The molecule has 0 fully saturated rings. The molecule has 0 amide bonds. The van der Waals surface area contributed by atoms with Gasteiger partial charge in [-0.3, -0.25) is 9.55 Å². The number of nitrogens with zero attached hydrogens (tertiary/aromatic N) is 3. The highest BCUT2D eigenvalue weighted by Crippen LogP contribution is 2.21. The normalized spacial score (nSPS) is 11.2. The highest BCUT2D eigenvalue weighted by Gasteiger charge is 2.09. The summed E-state index contributed by atoms with van der Waals surface area (Å²) in [6.45, 7) is 6.22. The van der Waals surface area contributed by atoms with Crippen molar-refractivity contribution in [2.24, 2.45) is 0 Å². The summed E-state index contributed by atoms with van der Waals surface area (Å²) < 4.78 is 2.09. The van der Waals surface area contributed by atoms with Gasteiger partial charge in [0.15, 0.2) is 0 Å². The summed E-state index contributed by atoms with van der Waals surface area (Å²) in [7, 11) is 0. The topological polar surface area (TPSA) is 42.7 Å². The molecule has 0 atom stereocenters. The van der Waals surface area contributed by atoms with Crippen molar-refractivity contribution in [3.63, 3.8) is 0 Å². The average molecular weight is 266 g/mol. The Balaban J connectivity index is 2.10. The third-order valence-corrected chi connectivity index (χ3v) is 3.11. The first kappa shape index (κ1) is 12.7. The maximum Gasteiger partial charge on any atom is 0.207 e. The number of nitrogens with one attached hydrogen (secondary N) is 1. The molecule has 2 aromatic heterocycles. The monoisotopic (exact) mass is 266 g/mol. The Labute approximate surface area is 118 Å². The molecular formula is C16H18N4. The van der Waals surface area contributed by atoms with Crippen LogP contribution in [0.1, 0.15) is 19.5 Å². The average Bonchev–Trinajstić information content (AvgIpc) is 2.78. The lowest BCUT2D eigenvalue weighted by atomic mass is 10.2. The SMILES string of the molecule is Cc1cn(-c2ccc3ncccc3c2)c(NC(C)C)n1. The van der Waals surface area contributed by atoms with Gasteiger partial charge in [-0.2, -0.15) is 0 Å². The summed E-state index contributed by atoms with van der Waals surface area (Å²) in [6, 6.07) is 10.6. The number of anilines is 1. The first-order chi connectivity index (χ1) is 9.63. The van der Waals surface area contributed by atoms with E-state index in [1.807, 2.05) is 31.5 Å². The van der Waals surface area contributed by atoms with Gasteiger partial charge >= 0.3 is 0 Å². The van der Waals surface area contributed by atoms with Gasteiger partial charge in [0.1, 0.15) is 0 Å². The van der Waals surface area contributed by atoms with Crippen LogP contribution in [-0.2, 0) is 0 Å². The van der Waals surface area contributed by atoms with Crippen LogP contribution in [-0.4, -0.2) is 20.6 Å². The lowest BCUT2D eigenvalue weighted by Crippen LogP contribution is -2.13. The zero-order valence-electron chi connectivity index (χ0n) is 12.0. The van der Waals surface area contributed by atoms with E-state index in [0.29, 0.717) is 6.04 Å². The largest absolute Gasteiger partial charge is 0.353 e. The Bertz CT molecular complexity index is 743. The van der Waals surface area contributed by atoms with E-state index in [0.717, 1.165) is 28.2 Å². The van der Waals surface area contributed by atoms with Gasteiger partial charge in [0, 0.05) is 29.5 Å². The third-order valence-electron chi connectivity index (χ3n) is 3.11. The molecule has 0 aliphatic carbocycles. The van der Waals surface area contributed by atoms with E-state index in [1.54, 1.807) is 0 Å². The first-order valence-corrected chi connectivity index (χ1v) is 6.81. The van der Waals surface area contributed by atoms with Gasteiger partial charge in [0.25, 0.3) is 0 Å². The molecule has 4 heteroatoms. The van der Waals surface area contributed by atoms with Gasteiger partial charge in [0.2, 0.25) is 5.95 Å². The fraction of sp³-hybridized carbons (Fsp3) is 0.250. The lowest BCUT2D eigenvalue weighted by molar-refractivity contribution is 0.864. The fourth-order valence-corrected chi connectivity index (χ4v) is 2.27. The standard InChI is InChI=1S/C16H18N4/c1-11(2)18-16-19-12(3)10-20(16)14-6-7-15-13(9-14)5-4-8-17-15/h4-11H,1-3H3,(H,18,19). The van der Waals surface area contributed by atoms with Crippen molar-refractivity contribution in [2.45, 2.75) is 26.8 Å². The minimum absolute atomic E-state index is 0.345. The molecule has 0 aliphatic heterocycles. The minimum atomic E-state index is 0.345. The Morgan fingerprint density at radius 2 is 2.05 bits per heavy atom. The summed E-state index contributed by atoms with van der Waals surface area (Å²) in [4.78, 5) is 8.89. The van der Waals surface area contributed by atoms with Gasteiger partial charge in [-0.15, -0.1) is 0 Å². The predicted molar refractivity (Wildman–Crippen MR) is 82.4 cm³/mol. The number of hydrogen-bond donors (Lipinski definition) is 1. The smallest absolute Gasteiger partial charge is 0.207 e. The van der Waals surface area contributed by atoms with E-state index < -0.39 is 0 Å². The zero-order valence-corrected chi connectivity index (χ0v) is 12.0.